The number of hydrogen-bond donors (Lipinski definition) is 1. The van der Waals surface area contributed by atoms with Crippen molar-refractivity contribution in [2.75, 3.05) is 11.6 Å². The second-order valence-electron chi connectivity index (χ2n) is 5.94. The third-order valence-electron chi connectivity index (χ3n) is 4.20. The molecule has 1 aliphatic rings. The molecular weight excluding hydrogens is 339 g/mol. The van der Waals surface area contributed by atoms with Gasteiger partial charge in [-0.05, 0) is 36.8 Å². The van der Waals surface area contributed by atoms with E-state index in [0.717, 1.165) is 5.56 Å². The first-order valence-corrected chi connectivity index (χ1v) is 9.21. The summed E-state index contributed by atoms with van der Waals surface area (Å²) in [4.78, 5) is 26.8. The van der Waals surface area contributed by atoms with Crippen molar-refractivity contribution in [3.63, 3.8) is 0 Å². The standard InChI is InChI=1S/C19H19FN2O2S/c1-13(14-5-3-2-4-6-14)21-18(23)17-11-25-12-22(17)19(24)15-7-9-16(20)10-8-15/h2-10,13,17H,11-12H2,1H3,(H,21,23)/t13-,17+/m1/s1. The van der Waals surface area contributed by atoms with E-state index in [1.807, 2.05) is 37.3 Å². The van der Waals surface area contributed by atoms with E-state index >= 15 is 0 Å². The highest BCUT2D eigenvalue weighted by atomic mass is 32.2. The van der Waals surface area contributed by atoms with Crippen LogP contribution in [0.5, 0.6) is 0 Å². The summed E-state index contributed by atoms with van der Waals surface area (Å²) in [5, 5.41) is 2.98. The number of amides is 2. The first kappa shape index (κ1) is 17.5. The largest absolute Gasteiger partial charge is 0.348 e. The Balaban J connectivity index is 1.69. The minimum Gasteiger partial charge on any atom is -0.348 e. The summed E-state index contributed by atoms with van der Waals surface area (Å²) in [7, 11) is 0. The molecule has 6 heteroatoms. The average molecular weight is 358 g/mol. The monoisotopic (exact) mass is 358 g/mol. The summed E-state index contributed by atoms with van der Waals surface area (Å²) in [5.41, 5.74) is 1.40. The Kier molecular flexibility index (Phi) is 5.38. The van der Waals surface area contributed by atoms with Crippen LogP contribution in [0.15, 0.2) is 54.6 Å². The van der Waals surface area contributed by atoms with Gasteiger partial charge in [-0.3, -0.25) is 9.59 Å². The van der Waals surface area contributed by atoms with Gasteiger partial charge in [0.15, 0.2) is 0 Å². The van der Waals surface area contributed by atoms with Crippen molar-refractivity contribution >= 4 is 23.6 Å². The molecular formula is C19H19FN2O2S. The molecule has 1 aliphatic heterocycles. The van der Waals surface area contributed by atoms with Gasteiger partial charge in [0.1, 0.15) is 11.9 Å². The maximum atomic E-state index is 13.0. The molecule has 1 heterocycles. The lowest BCUT2D eigenvalue weighted by atomic mass is 10.1. The molecule has 1 N–H and O–H groups in total. The zero-order valence-corrected chi connectivity index (χ0v) is 14.6. The van der Waals surface area contributed by atoms with Crippen LogP contribution in [0.4, 0.5) is 4.39 Å². The van der Waals surface area contributed by atoms with Crippen LogP contribution < -0.4 is 5.32 Å². The Morgan fingerprint density at radius 3 is 2.52 bits per heavy atom. The maximum absolute atomic E-state index is 13.0. The van der Waals surface area contributed by atoms with E-state index in [1.165, 1.54) is 36.0 Å². The minimum atomic E-state index is -0.520. The molecule has 25 heavy (non-hydrogen) atoms. The molecule has 2 aromatic carbocycles. The van der Waals surface area contributed by atoms with E-state index in [1.54, 1.807) is 4.90 Å². The van der Waals surface area contributed by atoms with Crippen LogP contribution in [0, 0.1) is 5.82 Å². The van der Waals surface area contributed by atoms with Crippen LogP contribution in [0.25, 0.3) is 0 Å². The zero-order chi connectivity index (χ0) is 17.8. The maximum Gasteiger partial charge on any atom is 0.255 e. The molecule has 1 saturated heterocycles. The number of nitrogens with one attached hydrogen (secondary N) is 1. The molecule has 0 bridgehead atoms. The van der Waals surface area contributed by atoms with Crippen LogP contribution in [-0.2, 0) is 4.79 Å². The first-order valence-electron chi connectivity index (χ1n) is 8.06. The van der Waals surface area contributed by atoms with Gasteiger partial charge in [0, 0.05) is 11.3 Å². The lowest BCUT2D eigenvalue weighted by Crippen LogP contribution is -2.47. The van der Waals surface area contributed by atoms with Crippen molar-refractivity contribution in [1.82, 2.24) is 10.2 Å². The summed E-state index contributed by atoms with van der Waals surface area (Å²) < 4.78 is 13.0. The van der Waals surface area contributed by atoms with Crippen molar-refractivity contribution in [3.8, 4) is 0 Å². The van der Waals surface area contributed by atoms with Gasteiger partial charge in [-0.1, -0.05) is 30.3 Å². The number of rotatable bonds is 4. The Bertz CT molecular complexity index is 752. The average Bonchev–Trinajstić information content (AvgIpc) is 3.12. The lowest BCUT2D eigenvalue weighted by Gasteiger charge is -2.25. The normalized spacial score (nSPS) is 18.0. The highest BCUT2D eigenvalue weighted by molar-refractivity contribution is 7.99. The number of carbonyl (C=O) groups excluding carboxylic acids is 2. The minimum absolute atomic E-state index is 0.137. The molecule has 3 rings (SSSR count). The summed E-state index contributed by atoms with van der Waals surface area (Å²) in [5.74, 6) is 0.196. The number of benzene rings is 2. The summed E-state index contributed by atoms with van der Waals surface area (Å²) >= 11 is 1.54. The lowest BCUT2D eigenvalue weighted by molar-refractivity contribution is -0.125. The van der Waals surface area contributed by atoms with Crippen LogP contribution in [0.2, 0.25) is 0 Å². The van der Waals surface area contributed by atoms with Crippen molar-refractivity contribution in [2.24, 2.45) is 0 Å². The topological polar surface area (TPSA) is 49.4 Å². The van der Waals surface area contributed by atoms with Crippen molar-refractivity contribution in [1.29, 1.82) is 0 Å². The molecule has 2 aromatic rings. The molecule has 4 nitrogen and oxygen atoms in total. The van der Waals surface area contributed by atoms with Crippen LogP contribution in [0.3, 0.4) is 0 Å². The molecule has 2 amide bonds. The number of thioether (sulfide) groups is 1. The number of nitrogens with zero attached hydrogens (tertiary/aromatic N) is 1. The fourth-order valence-corrected chi connectivity index (χ4v) is 3.91. The zero-order valence-electron chi connectivity index (χ0n) is 13.8. The van der Waals surface area contributed by atoms with Gasteiger partial charge in [0.2, 0.25) is 5.91 Å². The molecule has 0 aliphatic carbocycles. The smallest absolute Gasteiger partial charge is 0.255 e. The van der Waals surface area contributed by atoms with Crippen LogP contribution >= 0.6 is 11.8 Å². The molecule has 1 fully saturated rings. The van der Waals surface area contributed by atoms with Gasteiger partial charge >= 0.3 is 0 Å². The molecule has 130 valence electrons. The second-order valence-corrected chi connectivity index (χ2v) is 6.94. The van der Waals surface area contributed by atoms with Gasteiger partial charge in [0.25, 0.3) is 5.91 Å². The van der Waals surface area contributed by atoms with E-state index in [2.05, 4.69) is 5.32 Å². The van der Waals surface area contributed by atoms with Gasteiger partial charge in [-0.25, -0.2) is 4.39 Å². The van der Waals surface area contributed by atoms with Crippen molar-refractivity contribution < 1.29 is 14.0 Å². The fourth-order valence-electron chi connectivity index (χ4n) is 2.75. The highest BCUT2D eigenvalue weighted by Crippen LogP contribution is 2.24. The predicted octanol–water partition coefficient (Wildman–Crippen LogP) is 3.22. The third kappa shape index (κ3) is 4.02. The van der Waals surface area contributed by atoms with E-state index in [0.29, 0.717) is 17.2 Å². The fraction of sp³-hybridized carbons (Fsp3) is 0.263. The Hall–Kier alpha value is -2.34. The quantitative estimate of drug-likeness (QED) is 0.913. The molecule has 0 unspecified atom stereocenters. The predicted molar refractivity (Wildman–Crippen MR) is 96.7 cm³/mol. The van der Waals surface area contributed by atoms with E-state index in [-0.39, 0.29) is 17.9 Å². The Morgan fingerprint density at radius 1 is 1.16 bits per heavy atom. The summed E-state index contributed by atoms with van der Waals surface area (Å²) in [6, 6.07) is 14.4. The second kappa shape index (κ2) is 7.70. The van der Waals surface area contributed by atoms with Gasteiger partial charge < -0.3 is 10.2 Å². The van der Waals surface area contributed by atoms with E-state index in [4.69, 9.17) is 0 Å². The van der Waals surface area contributed by atoms with Crippen molar-refractivity contribution in [2.45, 2.75) is 19.0 Å². The van der Waals surface area contributed by atoms with E-state index in [9.17, 15) is 14.0 Å². The highest BCUT2D eigenvalue weighted by Gasteiger charge is 2.35. The summed E-state index contributed by atoms with van der Waals surface area (Å²) in [6.07, 6.45) is 0. The first-order chi connectivity index (χ1) is 12.1. The Morgan fingerprint density at radius 2 is 1.84 bits per heavy atom. The molecule has 0 radical (unpaired) electrons. The van der Waals surface area contributed by atoms with Crippen LogP contribution in [0.1, 0.15) is 28.9 Å². The molecule has 0 saturated carbocycles. The SMILES string of the molecule is C[C@@H](NC(=O)[C@@H]1CSCN1C(=O)c1ccc(F)cc1)c1ccccc1. The van der Waals surface area contributed by atoms with E-state index < -0.39 is 11.9 Å². The van der Waals surface area contributed by atoms with Crippen molar-refractivity contribution in [3.05, 3.63) is 71.5 Å². The molecule has 0 spiro atoms. The van der Waals surface area contributed by atoms with Gasteiger partial charge in [-0.15, -0.1) is 11.8 Å². The van der Waals surface area contributed by atoms with Gasteiger partial charge in [-0.2, -0.15) is 0 Å². The molecule has 0 aromatic heterocycles. The van der Waals surface area contributed by atoms with Gasteiger partial charge in [0.05, 0.1) is 11.9 Å². The number of carbonyl (C=O) groups is 2. The Labute approximate surface area is 150 Å². The molecule has 2 atom stereocenters. The van der Waals surface area contributed by atoms with Crippen LogP contribution in [-0.4, -0.2) is 34.4 Å². The summed E-state index contributed by atoms with van der Waals surface area (Å²) in [6.45, 7) is 1.92. The third-order valence-corrected chi connectivity index (χ3v) is 5.21. The number of hydrogen-bond acceptors (Lipinski definition) is 3. The number of halogens is 1.